The highest BCUT2D eigenvalue weighted by Crippen LogP contribution is 2.21. The van der Waals surface area contributed by atoms with Crippen molar-refractivity contribution >= 4 is 23.4 Å². The van der Waals surface area contributed by atoms with Crippen molar-refractivity contribution in [3.05, 3.63) is 71.4 Å². The van der Waals surface area contributed by atoms with Gasteiger partial charge in [-0.05, 0) is 36.8 Å². The molecule has 3 aromatic rings. The molecule has 1 amide bonds. The summed E-state index contributed by atoms with van der Waals surface area (Å²) in [5, 5.41) is 3.13. The molecule has 160 valence electrons. The number of amides is 1. The maximum absolute atomic E-state index is 14.0. The first kappa shape index (κ1) is 20.6. The number of carbonyl (C=O) groups is 1. The third-order valence-corrected chi connectivity index (χ3v) is 4.98. The summed E-state index contributed by atoms with van der Waals surface area (Å²) in [4.78, 5) is 28.6. The van der Waals surface area contributed by atoms with Crippen LogP contribution in [0.5, 0.6) is 0 Å². The van der Waals surface area contributed by atoms with E-state index in [1.165, 1.54) is 11.2 Å². The fourth-order valence-electron chi connectivity index (χ4n) is 3.32. The molecule has 0 saturated carbocycles. The van der Waals surface area contributed by atoms with Gasteiger partial charge in [-0.25, -0.2) is 28.1 Å². The van der Waals surface area contributed by atoms with Crippen LogP contribution in [0.4, 0.5) is 30.6 Å². The lowest BCUT2D eigenvalue weighted by Gasteiger charge is -2.35. The van der Waals surface area contributed by atoms with Crippen LogP contribution < -0.4 is 10.2 Å². The van der Waals surface area contributed by atoms with Crippen LogP contribution in [0.25, 0.3) is 0 Å². The second-order valence-corrected chi connectivity index (χ2v) is 7.11. The molecule has 1 N–H and O–H groups in total. The quantitative estimate of drug-likeness (QED) is 0.643. The van der Waals surface area contributed by atoms with Crippen LogP contribution in [-0.4, -0.2) is 51.9 Å². The molecule has 10 heteroatoms. The van der Waals surface area contributed by atoms with E-state index >= 15 is 0 Å². The summed E-state index contributed by atoms with van der Waals surface area (Å²) in [6, 6.07) is 7.27. The molecule has 1 aliphatic heterocycles. The summed E-state index contributed by atoms with van der Waals surface area (Å²) in [5.74, 6) is -3.22. The third kappa shape index (κ3) is 4.42. The van der Waals surface area contributed by atoms with Crippen LogP contribution in [0.15, 0.2) is 42.9 Å². The largest absolute Gasteiger partial charge is 0.353 e. The predicted octanol–water partition coefficient (Wildman–Crippen LogP) is 3.30. The Hall–Kier alpha value is -3.69. The van der Waals surface area contributed by atoms with E-state index in [-0.39, 0.29) is 13.1 Å². The van der Waals surface area contributed by atoms with Crippen LogP contribution >= 0.6 is 0 Å². The lowest BCUT2D eigenvalue weighted by atomic mass is 10.1. The normalized spacial score (nSPS) is 13.9. The summed E-state index contributed by atoms with van der Waals surface area (Å²) in [5.41, 5.74) is 0.580. The number of aryl methyl sites for hydroxylation is 1. The van der Waals surface area contributed by atoms with Gasteiger partial charge in [-0.1, -0.05) is 0 Å². The molecular weight excluding hydrogens is 409 g/mol. The van der Waals surface area contributed by atoms with Crippen molar-refractivity contribution in [2.45, 2.75) is 6.92 Å². The molecule has 1 aliphatic rings. The lowest BCUT2D eigenvalue weighted by Crippen LogP contribution is -2.49. The second kappa shape index (κ2) is 8.58. The van der Waals surface area contributed by atoms with Crippen LogP contribution in [-0.2, 0) is 0 Å². The summed E-state index contributed by atoms with van der Waals surface area (Å²) in [7, 11) is 0. The van der Waals surface area contributed by atoms with Crippen molar-refractivity contribution in [1.82, 2.24) is 19.9 Å². The van der Waals surface area contributed by atoms with E-state index in [1.54, 1.807) is 12.3 Å². The van der Waals surface area contributed by atoms with Gasteiger partial charge in [0.15, 0.2) is 17.5 Å². The number of hydrogen-bond acceptors (Lipinski definition) is 6. The van der Waals surface area contributed by atoms with E-state index in [0.29, 0.717) is 30.5 Å². The standard InChI is InChI=1S/C21H19F3N6O/c1-13-4-5-25-16(10-13)28-17-11-18(27-12-26-17)29-6-8-30(9-7-29)21(31)14-2-3-15(22)20(24)19(14)23/h2-5,10-12H,6-9H2,1H3,(H,25,26,27,28). The lowest BCUT2D eigenvalue weighted by molar-refractivity contribution is 0.0740. The van der Waals surface area contributed by atoms with Gasteiger partial charge in [0.2, 0.25) is 0 Å². The summed E-state index contributed by atoms with van der Waals surface area (Å²) in [6.07, 6.45) is 3.13. The Morgan fingerprint density at radius 2 is 1.68 bits per heavy atom. The zero-order chi connectivity index (χ0) is 22.0. The van der Waals surface area contributed by atoms with Crippen LogP contribution in [0.3, 0.4) is 0 Å². The minimum atomic E-state index is -1.64. The van der Waals surface area contributed by atoms with E-state index in [2.05, 4.69) is 20.3 Å². The number of rotatable bonds is 4. The smallest absolute Gasteiger partial charge is 0.257 e. The highest BCUT2D eigenvalue weighted by molar-refractivity contribution is 5.94. The SMILES string of the molecule is Cc1ccnc(Nc2cc(N3CCN(C(=O)c4ccc(F)c(F)c4F)CC3)ncn2)c1. The molecule has 0 atom stereocenters. The Bertz CT molecular complexity index is 1120. The van der Waals surface area contributed by atoms with Gasteiger partial charge in [0.05, 0.1) is 5.56 Å². The van der Waals surface area contributed by atoms with Gasteiger partial charge < -0.3 is 15.1 Å². The maximum Gasteiger partial charge on any atom is 0.257 e. The first-order chi connectivity index (χ1) is 14.9. The fourth-order valence-corrected chi connectivity index (χ4v) is 3.32. The van der Waals surface area contributed by atoms with Crippen LogP contribution in [0.1, 0.15) is 15.9 Å². The molecule has 0 spiro atoms. The van der Waals surface area contributed by atoms with E-state index in [0.717, 1.165) is 17.7 Å². The van der Waals surface area contributed by atoms with Crippen LogP contribution in [0, 0.1) is 24.4 Å². The Balaban J connectivity index is 1.42. The van der Waals surface area contributed by atoms with E-state index in [1.807, 2.05) is 24.0 Å². The van der Waals surface area contributed by atoms with Gasteiger partial charge in [0.25, 0.3) is 5.91 Å². The molecule has 1 fully saturated rings. The number of piperazine rings is 1. The molecule has 0 aliphatic carbocycles. The van der Waals surface area contributed by atoms with Crippen molar-refractivity contribution in [2.75, 3.05) is 36.4 Å². The molecule has 2 aromatic heterocycles. The first-order valence-corrected chi connectivity index (χ1v) is 9.62. The molecule has 1 aromatic carbocycles. The number of halogens is 3. The number of nitrogens with one attached hydrogen (secondary N) is 1. The highest BCUT2D eigenvalue weighted by Gasteiger charge is 2.27. The van der Waals surface area contributed by atoms with E-state index in [4.69, 9.17) is 0 Å². The maximum atomic E-state index is 14.0. The number of hydrogen-bond donors (Lipinski definition) is 1. The Kier molecular flexibility index (Phi) is 5.70. The minimum absolute atomic E-state index is 0.281. The van der Waals surface area contributed by atoms with Crippen molar-refractivity contribution < 1.29 is 18.0 Å². The van der Waals surface area contributed by atoms with Gasteiger partial charge in [-0.3, -0.25) is 4.79 Å². The Morgan fingerprint density at radius 1 is 0.935 bits per heavy atom. The van der Waals surface area contributed by atoms with Crippen molar-refractivity contribution in [1.29, 1.82) is 0 Å². The average Bonchev–Trinajstić information content (AvgIpc) is 2.77. The summed E-state index contributed by atoms with van der Waals surface area (Å²) < 4.78 is 40.5. The van der Waals surface area contributed by atoms with Crippen LogP contribution in [0.2, 0.25) is 0 Å². The topological polar surface area (TPSA) is 74.2 Å². The second-order valence-electron chi connectivity index (χ2n) is 7.11. The number of nitrogens with zero attached hydrogens (tertiary/aromatic N) is 5. The Labute approximate surface area is 176 Å². The first-order valence-electron chi connectivity index (χ1n) is 9.62. The molecule has 31 heavy (non-hydrogen) atoms. The zero-order valence-corrected chi connectivity index (χ0v) is 16.6. The van der Waals surface area contributed by atoms with E-state index in [9.17, 15) is 18.0 Å². The fraction of sp³-hybridized carbons (Fsp3) is 0.238. The average molecular weight is 428 g/mol. The summed E-state index contributed by atoms with van der Waals surface area (Å²) in [6.45, 7) is 3.41. The predicted molar refractivity (Wildman–Crippen MR) is 109 cm³/mol. The number of benzene rings is 1. The van der Waals surface area contributed by atoms with Crippen molar-refractivity contribution in [3.8, 4) is 0 Å². The van der Waals surface area contributed by atoms with Gasteiger partial charge in [-0.2, -0.15) is 0 Å². The molecule has 3 heterocycles. The van der Waals surface area contributed by atoms with Gasteiger partial charge >= 0.3 is 0 Å². The summed E-state index contributed by atoms with van der Waals surface area (Å²) >= 11 is 0. The minimum Gasteiger partial charge on any atom is -0.353 e. The molecule has 0 radical (unpaired) electrons. The third-order valence-electron chi connectivity index (χ3n) is 4.98. The molecule has 0 unspecified atom stereocenters. The number of carbonyl (C=O) groups excluding carboxylic acids is 1. The Morgan fingerprint density at radius 3 is 2.42 bits per heavy atom. The van der Waals surface area contributed by atoms with Gasteiger partial charge in [-0.15, -0.1) is 0 Å². The van der Waals surface area contributed by atoms with Gasteiger partial charge in [0.1, 0.15) is 23.8 Å². The molecule has 7 nitrogen and oxygen atoms in total. The van der Waals surface area contributed by atoms with Crippen molar-refractivity contribution in [3.63, 3.8) is 0 Å². The molecule has 1 saturated heterocycles. The molecule has 0 bridgehead atoms. The number of aromatic nitrogens is 3. The van der Waals surface area contributed by atoms with Crippen molar-refractivity contribution in [2.24, 2.45) is 0 Å². The molecular formula is C21H19F3N6O. The number of anilines is 3. The zero-order valence-electron chi connectivity index (χ0n) is 16.6. The van der Waals surface area contributed by atoms with Gasteiger partial charge in [0, 0.05) is 38.4 Å². The highest BCUT2D eigenvalue weighted by atomic mass is 19.2. The molecule has 4 rings (SSSR count). The monoisotopic (exact) mass is 428 g/mol. The number of pyridine rings is 1. The van der Waals surface area contributed by atoms with E-state index < -0.39 is 28.9 Å².